The van der Waals surface area contributed by atoms with Crippen molar-refractivity contribution in [2.45, 2.75) is 31.2 Å². The fourth-order valence-electron chi connectivity index (χ4n) is 1.75. The number of hydrogen-bond acceptors (Lipinski definition) is 5. The number of ether oxygens (including phenoxy) is 2. The van der Waals surface area contributed by atoms with Crippen LogP contribution in [0.4, 0.5) is 0 Å². The van der Waals surface area contributed by atoms with Crippen LogP contribution in [0, 0.1) is 0 Å². The van der Waals surface area contributed by atoms with Gasteiger partial charge in [0.05, 0.1) is 20.3 Å². The van der Waals surface area contributed by atoms with Crippen LogP contribution < -0.4 is 19.5 Å². The van der Waals surface area contributed by atoms with E-state index in [9.17, 15) is 13.2 Å². The maximum Gasteiger partial charge on any atom is 0.245 e. The fraction of sp³-hybridized carbons (Fsp3) is 0.500. The van der Waals surface area contributed by atoms with Crippen LogP contribution in [0.1, 0.15) is 20.3 Å². The molecule has 124 valence electrons. The van der Waals surface area contributed by atoms with Crippen LogP contribution in [0.2, 0.25) is 0 Å². The molecule has 0 aliphatic carbocycles. The molecule has 0 aliphatic rings. The minimum absolute atomic E-state index is 0.0792. The molecule has 0 radical (unpaired) electrons. The molecule has 1 aromatic carbocycles. The van der Waals surface area contributed by atoms with E-state index in [0.717, 1.165) is 6.42 Å². The Balaban J connectivity index is 3.01. The molecular weight excluding hydrogens is 308 g/mol. The Bertz CT molecular complexity index is 616. The normalized spacial score (nSPS) is 12.5. The third-order valence-electron chi connectivity index (χ3n) is 2.93. The van der Waals surface area contributed by atoms with Crippen LogP contribution >= 0.6 is 0 Å². The molecule has 0 heterocycles. The summed E-state index contributed by atoms with van der Waals surface area (Å²) in [5.74, 6) is 0.172. The van der Waals surface area contributed by atoms with E-state index < -0.39 is 16.1 Å². The molecule has 0 fully saturated rings. The van der Waals surface area contributed by atoms with E-state index in [1.54, 1.807) is 6.07 Å². The highest BCUT2D eigenvalue weighted by Gasteiger charge is 2.25. The van der Waals surface area contributed by atoms with Crippen LogP contribution in [0.25, 0.3) is 0 Å². The highest BCUT2D eigenvalue weighted by atomic mass is 32.2. The van der Waals surface area contributed by atoms with E-state index in [2.05, 4.69) is 10.0 Å². The molecule has 0 unspecified atom stereocenters. The maximum atomic E-state index is 12.4. The Morgan fingerprint density at radius 3 is 2.50 bits per heavy atom. The Hall–Kier alpha value is -1.80. The lowest BCUT2D eigenvalue weighted by atomic mass is 10.3. The Morgan fingerprint density at radius 1 is 1.27 bits per heavy atom. The predicted octanol–water partition coefficient (Wildman–Crippen LogP) is 0.897. The Labute approximate surface area is 131 Å². The second-order valence-electron chi connectivity index (χ2n) is 4.65. The summed E-state index contributed by atoms with van der Waals surface area (Å²) in [5.41, 5.74) is 0. The molecule has 2 N–H and O–H groups in total. The zero-order valence-corrected chi connectivity index (χ0v) is 14.0. The summed E-state index contributed by atoms with van der Waals surface area (Å²) in [7, 11) is -1.11. The topological polar surface area (TPSA) is 93.7 Å². The van der Waals surface area contributed by atoms with E-state index in [0.29, 0.717) is 12.3 Å². The molecule has 1 aromatic rings. The summed E-state index contributed by atoms with van der Waals surface area (Å²) in [5, 5.41) is 2.64. The van der Waals surface area contributed by atoms with Gasteiger partial charge in [-0.25, -0.2) is 8.42 Å². The highest BCUT2D eigenvalue weighted by Crippen LogP contribution is 2.28. The fourth-order valence-corrected chi connectivity index (χ4v) is 3.13. The number of carbonyl (C=O) groups is 1. The largest absolute Gasteiger partial charge is 0.497 e. The summed E-state index contributed by atoms with van der Waals surface area (Å²) in [4.78, 5) is 11.7. The SMILES string of the molecule is CCCNC(=O)[C@@H](C)NS(=O)(=O)c1cc(OC)ccc1OC. The van der Waals surface area contributed by atoms with Crippen LogP contribution in [0.15, 0.2) is 23.1 Å². The van der Waals surface area contributed by atoms with E-state index in [-0.39, 0.29) is 16.6 Å². The van der Waals surface area contributed by atoms with Gasteiger partial charge in [-0.15, -0.1) is 0 Å². The monoisotopic (exact) mass is 330 g/mol. The summed E-state index contributed by atoms with van der Waals surface area (Å²) < 4.78 is 37.3. The molecule has 0 saturated heterocycles. The molecule has 0 spiro atoms. The molecule has 0 aliphatic heterocycles. The van der Waals surface area contributed by atoms with Crippen LogP contribution in [0.5, 0.6) is 11.5 Å². The van der Waals surface area contributed by atoms with Gasteiger partial charge in [0.15, 0.2) is 0 Å². The number of methoxy groups -OCH3 is 2. The molecular formula is C14H22N2O5S. The number of carbonyl (C=O) groups excluding carboxylic acids is 1. The predicted molar refractivity (Wildman–Crippen MR) is 82.6 cm³/mol. The number of benzene rings is 1. The summed E-state index contributed by atoms with van der Waals surface area (Å²) >= 11 is 0. The van der Waals surface area contributed by atoms with Gasteiger partial charge in [-0.3, -0.25) is 4.79 Å². The first-order chi connectivity index (χ1) is 10.4. The van der Waals surface area contributed by atoms with Crippen molar-refractivity contribution < 1.29 is 22.7 Å². The van der Waals surface area contributed by atoms with Crippen LogP contribution in [-0.4, -0.2) is 41.1 Å². The van der Waals surface area contributed by atoms with Gasteiger partial charge in [-0.05, 0) is 25.5 Å². The van der Waals surface area contributed by atoms with Gasteiger partial charge >= 0.3 is 0 Å². The summed E-state index contributed by atoms with van der Waals surface area (Å²) in [6.45, 7) is 3.89. The number of rotatable bonds is 8. The van der Waals surface area contributed by atoms with E-state index in [4.69, 9.17) is 9.47 Å². The third-order valence-corrected chi connectivity index (χ3v) is 4.50. The first-order valence-corrected chi connectivity index (χ1v) is 8.36. The quantitative estimate of drug-likeness (QED) is 0.738. The number of sulfonamides is 1. The number of nitrogens with one attached hydrogen (secondary N) is 2. The van der Waals surface area contributed by atoms with Crippen molar-refractivity contribution in [3.63, 3.8) is 0 Å². The summed E-state index contributed by atoms with van der Waals surface area (Å²) in [6.07, 6.45) is 0.773. The molecule has 0 bridgehead atoms. The second kappa shape index (κ2) is 8.00. The maximum absolute atomic E-state index is 12.4. The van der Waals surface area contributed by atoms with E-state index in [1.165, 1.54) is 33.3 Å². The summed E-state index contributed by atoms with van der Waals surface area (Å²) in [6, 6.07) is 3.54. The lowest BCUT2D eigenvalue weighted by molar-refractivity contribution is -0.122. The molecule has 1 atom stereocenters. The van der Waals surface area contributed by atoms with Crippen molar-refractivity contribution in [3.05, 3.63) is 18.2 Å². The van der Waals surface area contributed by atoms with Gasteiger partial charge in [0.2, 0.25) is 15.9 Å². The standard InChI is InChI=1S/C14H22N2O5S/c1-5-8-15-14(17)10(2)16-22(18,19)13-9-11(20-3)6-7-12(13)21-4/h6-7,9-10,16H,5,8H2,1-4H3,(H,15,17)/t10-/m1/s1. The van der Waals surface area contributed by atoms with Gasteiger partial charge in [0.1, 0.15) is 16.4 Å². The zero-order valence-electron chi connectivity index (χ0n) is 13.2. The van der Waals surface area contributed by atoms with Gasteiger partial charge in [0.25, 0.3) is 0 Å². The van der Waals surface area contributed by atoms with E-state index in [1.807, 2.05) is 6.92 Å². The Morgan fingerprint density at radius 2 is 1.95 bits per heavy atom. The minimum atomic E-state index is -3.92. The third kappa shape index (κ3) is 4.60. The molecule has 7 nitrogen and oxygen atoms in total. The van der Waals surface area contributed by atoms with Crippen molar-refractivity contribution in [3.8, 4) is 11.5 Å². The molecule has 0 aromatic heterocycles. The zero-order chi connectivity index (χ0) is 16.8. The average molecular weight is 330 g/mol. The van der Waals surface area contributed by atoms with Crippen LogP contribution in [-0.2, 0) is 14.8 Å². The van der Waals surface area contributed by atoms with Crippen molar-refractivity contribution in [1.82, 2.24) is 10.0 Å². The van der Waals surface area contributed by atoms with Crippen LogP contribution in [0.3, 0.4) is 0 Å². The molecule has 8 heteroatoms. The lowest BCUT2D eigenvalue weighted by Gasteiger charge is -2.16. The average Bonchev–Trinajstić information content (AvgIpc) is 2.51. The van der Waals surface area contributed by atoms with Gasteiger partial charge in [-0.1, -0.05) is 6.92 Å². The first kappa shape index (κ1) is 18.2. The molecule has 1 rings (SSSR count). The van der Waals surface area contributed by atoms with Crippen molar-refractivity contribution in [2.75, 3.05) is 20.8 Å². The van der Waals surface area contributed by atoms with Crippen molar-refractivity contribution in [1.29, 1.82) is 0 Å². The Kier molecular flexibility index (Phi) is 6.63. The van der Waals surface area contributed by atoms with Crippen molar-refractivity contribution >= 4 is 15.9 Å². The van der Waals surface area contributed by atoms with Crippen molar-refractivity contribution in [2.24, 2.45) is 0 Å². The number of hydrogen-bond donors (Lipinski definition) is 2. The smallest absolute Gasteiger partial charge is 0.245 e. The second-order valence-corrected chi connectivity index (χ2v) is 6.33. The minimum Gasteiger partial charge on any atom is -0.497 e. The lowest BCUT2D eigenvalue weighted by Crippen LogP contribution is -2.44. The number of amides is 1. The highest BCUT2D eigenvalue weighted by molar-refractivity contribution is 7.89. The van der Waals surface area contributed by atoms with Gasteiger partial charge in [0, 0.05) is 12.6 Å². The first-order valence-electron chi connectivity index (χ1n) is 6.87. The van der Waals surface area contributed by atoms with Gasteiger partial charge in [-0.2, -0.15) is 4.72 Å². The molecule has 0 saturated carbocycles. The van der Waals surface area contributed by atoms with Gasteiger partial charge < -0.3 is 14.8 Å². The van der Waals surface area contributed by atoms with E-state index >= 15 is 0 Å². The molecule has 1 amide bonds. The molecule has 22 heavy (non-hydrogen) atoms.